The third-order valence-electron chi connectivity index (χ3n) is 2.17. The fourth-order valence-corrected chi connectivity index (χ4v) is 2.54. The molecular weight excluding hydrogens is 158 g/mol. The molecule has 1 aliphatic rings. The van der Waals surface area contributed by atoms with E-state index in [1.54, 1.807) is 0 Å². The lowest BCUT2D eigenvalue weighted by molar-refractivity contribution is 0.192. The molecule has 1 fully saturated rings. The Kier molecular flexibility index (Phi) is 2.47. The number of thioether (sulfide) groups is 1. The number of hydrogen-bond donors (Lipinski definition) is 0. The Morgan fingerprint density at radius 2 is 2.00 bits per heavy atom. The fourth-order valence-electron chi connectivity index (χ4n) is 1.39. The summed E-state index contributed by atoms with van der Waals surface area (Å²) in [6, 6.07) is 0.738. The highest BCUT2D eigenvalue weighted by atomic mass is 32.2. The zero-order valence-electron chi connectivity index (χ0n) is 7.50. The molecule has 2 unspecified atom stereocenters. The monoisotopic (exact) mass is 173 g/mol. The Morgan fingerprint density at radius 1 is 1.45 bits per heavy atom. The van der Waals surface area contributed by atoms with E-state index in [4.69, 9.17) is 0 Å². The van der Waals surface area contributed by atoms with Crippen LogP contribution in [0.3, 0.4) is 0 Å². The van der Waals surface area contributed by atoms with Gasteiger partial charge < -0.3 is 4.90 Å². The van der Waals surface area contributed by atoms with Gasteiger partial charge in [0.2, 0.25) is 0 Å². The van der Waals surface area contributed by atoms with Gasteiger partial charge in [-0.3, -0.25) is 4.79 Å². The van der Waals surface area contributed by atoms with Gasteiger partial charge in [-0.2, -0.15) is 0 Å². The molecule has 64 valence electrons. The van der Waals surface area contributed by atoms with Gasteiger partial charge in [-0.25, -0.2) is 0 Å². The molecule has 0 saturated carbocycles. The molecule has 0 radical (unpaired) electrons. The summed E-state index contributed by atoms with van der Waals surface area (Å²) in [6.07, 6.45) is 0. The predicted octanol–water partition coefficient (Wildman–Crippen LogP) is 2.34. The van der Waals surface area contributed by atoms with E-state index in [2.05, 4.69) is 27.7 Å². The molecule has 11 heavy (non-hydrogen) atoms. The summed E-state index contributed by atoms with van der Waals surface area (Å²) < 4.78 is 0. The molecule has 3 heteroatoms. The van der Waals surface area contributed by atoms with E-state index in [0.29, 0.717) is 17.3 Å². The number of carbonyl (C=O) groups excluding carboxylic acids is 1. The van der Waals surface area contributed by atoms with Gasteiger partial charge in [-0.05, 0) is 20.8 Å². The number of nitrogens with zero attached hydrogens (tertiary/aromatic N) is 1. The third kappa shape index (κ3) is 1.53. The number of carbonyl (C=O) groups is 1. The van der Waals surface area contributed by atoms with Crippen LogP contribution >= 0.6 is 11.8 Å². The molecule has 0 aromatic carbocycles. The molecule has 1 amide bonds. The summed E-state index contributed by atoms with van der Waals surface area (Å²) in [5.74, 6) is 0. The first-order valence-electron chi connectivity index (χ1n) is 4.03. The molecule has 0 aromatic heterocycles. The first kappa shape index (κ1) is 8.91. The normalized spacial score (nSPS) is 32.1. The summed E-state index contributed by atoms with van der Waals surface area (Å²) >= 11 is 1.45. The average molecular weight is 173 g/mol. The van der Waals surface area contributed by atoms with E-state index < -0.39 is 0 Å². The van der Waals surface area contributed by atoms with Crippen molar-refractivity contribution >= 4 is 17.0 Å². The Morgan fingerprint density at radius 3 is 2.18 bits per heavy atom. The van der Waals surface area contributed by atoms with E-state index in [1.807, 2.05) is 4.90 Å². The van der Waals surface area contributed by atoms with Gasteiger partial charge in [-0.1, -0.05) is 18.7 Å². The Balaban J connectivity index is 2.71. The topological polar surface area (TPSA) is 20.3 Å². The maximum atomic E-state index is 11.3. The number of rotatable bonds is 1. The van der Waals surface area contributed by atoms with Crippen molar-refractivity contribution in [1.29, 1.82) is 0 Å². The van der Waals surface area contributed by atoms with Crippen molar-refractivity contribution in [2.75, 3.05) is 0 Å². The minimum absolute atomic E-state index is 0.236. The van der Waals surface area contributed by atoms with Crippen molar-refractivity contribution in [2.24, 2.45) is 0 Å². The van der Waals surface area contributed by atoms with Gasteiger partial charge in [0.05, 0.1) is 0 Å². The summed E-state index contributed by atoms with van der Waals surface area (Å²) in [5, 5.41) is 0.685. The van der Waals surface area contributed by atoms with Crippen LogP contribution in [-0.2, 0) is 0 Å². The van der Waals surface area contributed by atoms with Gasteiger partial charge in [-0.15, -0.1) is 0 Å². The molecule has 1 heterocycles. The summed E-state index contributed by atoms with van der Waals surface area (Å²) in [4.78, 5) is 13.3. The molecule has 0 aliphatic carbocycles. The van der Waals surface area contributed by atoms with Crippen LogP contribution in [0.1, 0.15) is 27.7 Å². The highest BCUT2D eigenvalue weighted by Crippen LogP contribution is 2.32. The highest BCUT2D eigenvalue weighted by molar-refractivity contribution is 8.14. The Bertz CT molecular complexity index is 169. The summed E-state index contributed by atoms with van der Waals surface area (Å²) in [7, 11) is 0. The maximum absolute atomic E-state index is 11.3. The number of hydrogen-bond acceptors (Lipinski definition) is 2. The van der Waals surface area contributed by atoms with E-state index in [-0.39, 0.29) is 5.24 Å². The molecule has 1 aliphatic heterocycles. The molecule has 1 saturated heterocycles. The van der Waals surface area contributed by atoms with Crippen molar-refractivity contribution in [3.8, 4) is 0 Å². The smallest absolute Gasteiger partial charge is 0.282 e. The second-order valence-electron chi connectivity index (χ2n) is 3.33. The minimum Gasteiger partial charge on any atom is -0.327 e. The Labute approximate surface area is 72.3 Å². The van der Waals surface area contributed by atoms with E-state index in [9.17, 15) is 4.79 Å². The minimum atomic E-state index is 0.236. The zero-order valence-corrected chi connectivity index (χ0v) is 8.31. The molecule has 0 N–H and O–H groups in total. The quantitative estimate of drug-likeness (QED) is 0.606. The van der Waals surface area contributed by atoms with Crippen molar-refractivity contribution in [2.45, 2.75) is 45.0 Å². The second-order valence-corrected chi connectivity index (χ2v) is 4.66. The van der Waals surface area contributed by atoms with Crippen LogP contribution in [0.5, 0.6) is 0 Å². The van der Waals surface area contributed by atoms with Crippen LogP contribution in [-0.4, -0.2) is 27.5 Å². The summed E-state index contributed by atoms with van der Waals surface area (Å²) in [6.45, 7) is 8.35. The van der Waals surface area contributed by atoms with Gasteiger partial charge in [0, 0.05) is 17.3 Å². The second kappa shape index (κ2) is 3.05. The highest BCUT2D eigenvalue weighted by Gasteiger charge is 2.35. The van der Waals surface area contributed by atoms with Crippen molar-refractivity contribution < 1.29 is 4.79 Å². The average Bonchev–Trinajstić information content (AvgIpc) is 2.07. The van der Waals surface area contributed by atoms with Gasteiger partial charge in [0.15, 0.2) is 0 Å². The van der Waals surface area contributed by atoms with Crippen LogP contribution < -0.4 is 0 Å². The first-order chi connectivity index (χ1) is 5.04. The van der Waals surface area contributed by atoms with Crippen molar-refractivity contribution in [3.05, 3.63) is 0 Å². The van der Waals surface area contributed by atoms with Crippen LogP contribution in [0.4, 0.5) is 4.79 Å². The van der Waals surface area contributed by atoms with Crippen LogP contribution in [0.25, 0.3) is 0 Å². The van der Waals surface area contributed by atoms with Gasteiger partial charge in [0.25, 0.3) is 5.24 Å². The molecule has 0 bridgehead atoms. The predicted molar refractivity (Wildman–Crippen MR) is 48.9 cm³/mol. The SMILES string of the molecule is CC1SC(=O)N(C(C)C)C1C. The molecule has 0 spiro atoms. The van der Waals surface area contributed by atoms with Gasteiger partial charge in [0.1, 0.15) is 0 Å². The van der Waals surface area contributed by atoms with E-state index in [1.165, 1.54) is 11.8 Å². The molecule has 1 rings (SSSR count). The van der Waals surface area contributed by atoms with Crippen LogP contribution in [0.2, 0.25) is 0 Å². The van der Waals surface area contributed by atoms with Crippen LogP contribution in [0, 0.1) is 0 Å². The zero-order chi connectivity index (χ0) is 8.59. The lowest BCUT2D eigenvalue weighted by Gasteiger charge is -2.26. The standard InChI is InChI=1S/C8H15NOS/c1-5(2)9-6(3)7(4)11-8(9)10/h5-7H,1-4H3. The fraction of sp³-hybridized carbons (Fsp3) is 0.875. The molecule has 0 aromatic rings. The Hall–Kier alpha value is -0.180. The first-order valence-corrected chi connectivity index (χ1v) is 4.91. The van der Waals surface area contributed by atoms with Gasteiger partial charge >= 0.3 is 0 Å². The molecule has 2 nitrogen and oxygen atoms in total. The van der Waals surface area contributed by atoms with Crippen LogP contribution in [0.15, 0.2) is 0 Å². The van der Waals surface area contributed by atoms with Crippen molar-refractivity contribution in [1.82, 2.24) is 4.90 Å². The van der Waals surface area contributed by atoms with E-state index >= 15 is 0 Å². The lowest BCUT2D eigenvalue weighted by Crippen LogP contribution is -2.38. The third-order valence-corrected chi connectivity index (χ3v) is 3.35. The lowest BCUT2D eigenvalue weighted by atomic mass is 10.2. The molecular formula is C8H15NOS. The number of amides is 1. The summed E-state index contributed by atoms with van der Waals surface area (Å²) in [5.41, 5.74) is 0. The maximum Gasteiger partial charge on any atom is 0.282 e. The largest absolute Gasteiger partial charge is 0.327 e. The van der Waals surface area contributed by atoms with E-state index in [0.717, 1.165) is 0 Å². The van der Waals surface area contributed by atoms with Crippen molar-refractivity contribution in [3.63, 3.8) is 0 Å². The molecule has 2 atom stereocenters.